The summed E-state index contributed by atoms with van der Waals surface area (Å²) in [5.41, 5.74) is 0. The van der Waals surface area contributed by atoms with Crippen LogP contribution < -0.4 is 0 Å². The van der Waals surface area contributed by atoms with Crippen molar-refractivity contribution in [3.8, 4) is 0 Å². The lowest BCUT2D eigenvalue weighted by Gasteiger charge is -2.05. The van der Waals surface area contributed by atoms with E-state index in [1.54, 1.807) is 0 Å². The van der Waals surface area contributed by atoms with Crippen molar-refractivity contribution in [3.05, 3.63) is 0 Å². The minimum atomic E-state index is -0.877. The maximum absolute atomic E-state index is 10.3. The predicted octanol–water partition coefficient (Wildman–Crippen LogP) is 1.58. The van der Waals surface area contributed by atoms with Gasteiger partial charge in [0.1, 0.15) is 5.25 Å². The van der Waals surface area contributed by atoms with Gasteiger partial charge in [0.15, 0.2) is 0 Å². The summed E-state index contributed by atoms with van der Waals surface area (Å²) in [6, 6.07) is 0. The molecule has 12 heavy (non-hydrogen) atoms. The monoisotopic (exact) mass is 192 g/mol. The van der Waals surface area contributed by atoms with Gasteiger partial charge in [-0.2, -0.15) is 12.6 Å². The van der Waals surface area contributed by atoms with E-state index in [2.05, 4.69) is 19.6 Å². The number of hydrogen-bond acceptors (Lipinski definition) is 3. The molecule has 0 bridgehead atoms. The third-order valence-corrected chi connectivity index (χ3v) is 1.94. The molecule has 0 rings (SSSR count). The highest BCUT2D eigenvalue weighted by atomic mass is 32.1. The van der Waals surface area contributed by atoms with Crippen LogP contribution in [0, 0.1) is 0 Å². The summed E-state index contributed by atoms with van der Waals surface area (Å²) in [4.78, 5) is 10.3. The molecule has 0 spiro atoms. The first kappa shape index (κ1) is 11.8. The fourth-order valence-corrected chi connectivity index (χ4v) is 0.772. The Kier molecular flexibility index (Phi) is 7.29. The Labute approximate surface area is 78.5 Å². The molecule has 0 saturated carbocycles. The summed E-state index contributed by atoms with van der Waals surface area (Å²) in [6.07, 6.45) is 2.61. The van der Waals surface area contributed by atoms with Gasteiger partial charge >= 0.3 is 5.97 Å². The van der Waals surface area contributed by atoms with Crippen LogP contribution in [0.2, 0.25) is 0 Å². The smallest absolute Gasteiger partial charge is 0.316 e. The summed E-state index contributed by atoms with van der Waals surface area (Å²) in [7, 11) is 0. The molecule has 0 aromatic heterocycles. The van der Waals surface area contributed by atoms with E-state index in [-0.39, 0.29) is 0 Å². The average molecular weight is 192 g/mol. The molecule has 0 aliphatic heterocycles. The average Bonchev–Trinajstić information content (AvgIpc) is 2.03. The molecule has 3 nitrogen and oxygen atoms in total. The van der Waals surface area contributed by atoms with Gasteiger partial charge in [0, 0.05) is 13.2 Å². The van der Waals surface area contributed by atoms with Crippen LogP contribution in [0.25, 0.3) is 0 Å². The van der Waals surface area contributed by atoms with Crippen LogP contribution in [-0.4, -0.2) is 29.5 Å². The summed E-state index contributed by atoms with van der Waals surface area (Å²) in [6.45, 7) is 3.29. The molecule has 0 aromatic carbocycles. The molecule has 72 valence electrons. The zero-order valence-electron chi connectivity index (χ0n) is 7.32. The van der Waals surface area contributed by atoms with E-state index in [1.807, 2.05) is 0 Å². The molecule has 0 aliphatic rings. The molecule has 0 aliphatic carbocycles. The van der Waals surface area contributed by atoms with Crippen molar-refractivity contribution >= 4 is 18.6 Å². The first-order valence-electron chi connectivity index (χ1n) is 4.17. The molecule has 0 saturated heterocycles. The molecule has 1 N–H and O–H groups in total. The first-order valence-corrected chi connectivity index (χ1v) is 4.68. The first-order chi connectivity index (χ1) is 5.68. The Bertz CT molecular complexity index is 127. The Morgan fingerprint density at radius 3 is 2.75 bits per heavy atom. The summed E-state index contributed by atoms with van der Waals surface area (Å²) >= 11 is 3.87. The van der Waals surface area contributed by atoms with Crippen LogP contribution in [0.3, 0.4) is 0 Å². The van der Waals surface area contributed by atoms with E-state index in [1.165, 1.54) is 0 Å². The van der Waals surface area contributed by atoms with Gasteiger partial charge in [-0.25, -0.2) is 0 Å². The summed E-state index contributed by atoms with van der Waals surface area (Å²) < 4.78 is 5.18. The third kappa shape index (κ3) is 6.49. The quantitative estimate of drug-likeness (QED) is 0.475. The fourth-order valence-electron chi connectivity index (χ4n) is 0.667. The number of unbranched alkanes of at least 4 members (excludes halogenated alkanes) is 1. The van der Waals surface area contributed by atoms with E-state index < -0.39 is 11.2 Å². The zero-order chi connectivity index (χ0) is 9.40. The maximum Gasteiger partial charge on any atom is 0.316 e. The maximum atomic E-state index is 10.3. The summed E-state index contributed by atoms with van der Waals surface area (Å²) in [5.74, 6) is -0.877. The van der Waals surface area contributed by atoms with E-state index in [4.69, 9.17) is 9.84 Å². The zero-order valence-corrected chi connectivity index (χ0v) is 8.22. The molecular formula is C8H16O3S. The second kappa shape index (κ2) is 7.43. The minimum absolute atomic E-state index is 0.474. The number of rotatable bonds is 7. The van der Waals surface area contributed by atoms with Crippen molar-refractivity contribution in [3.63, 3.8) is 0 Å². The standard InChI is InChI=1S/C8H16O3S/c1-2-3-5-11-6-4-7(12)8(9)10/h7,12H,2-6H2,1H3,(H,9,10). The van der Waals surface area contributed by atoms with Crippen LogP contribution in [-0.2, 0) is 9.53 Å². The fraction of sp³-hybridized carbons (Fsp3) is 0.875. The number of ether oxygens (including phenoxy) is 1. The number of carboxylic acids is 1. The van der Waals surface area contributed by atoms with Gasteiger partial charge in [-0.05, 0) is 12.8 Å². The van der Waals surface area contributed by atoms with Gasteiger partial charge in [0.2, 0.25) is 0 Å². The van der Waals surface area contributed by atoms with Gasteiger partial charge in [-0.1, -0.05) is 13.3 Å². The number of carbonyl (C=O) groups is 1. The van der Waals surface area contributed by atoms with Gasteiger partial charge in [0.05, 0.1) is 0 Å². The molecular weight excluding hydrogens is 176 g/mol. The predicted molar refractivity (Wildman–Crippen MR) is 50.8 cm³/mol. The molecule has 4 heteroatoms. The van der Waals surface area contributed by atoms with Crippen molar-refractivity contribution in [2.24, 2.45) is 0 Å². The second-order valence-corrected chi connectivity index (χ2v) is 3.23. The van der Waals surface area contributed by atoms with Gasteiger partial charge in [-0.3, -0.25) is 4.79 Å². The van der Waals surface area contributed by atoms with E-state index in [0.29, 0.717) is 13.0 Å². The summed E-state index contributed by atoms with van der Waals surface area (Å²) in [5, 5.41) is 7.86. The Morgan fingerprint density at radius 2 is 2.25 bits per heavy atom. The molecule has 0 fully saturated rings. The van der Waals surface area contributed by atoms with Crippen molar-refractivity contribution < 1.29 is 14.6 Å². The Balaban J connectivity index is 3.14. The highest BCUT2D eigenvalue weighted by Crippen LogP contribution is 2.01. The van der Waals surface area contributed by atoms with Crippen LogP contribution in [0.15, 0.2) is 0 Å². The number of hydrogen-bond donors (Lipinski definition) is 2. The SMILES string of the molecule is CCCCOCCC(S)C(=O)O. The largest absolute Gasteiger partial charge is 0.480 e. The molecule has 0 heterocycles. The van der Waals surface area contributed by atoms with Crippen molar-refractivity contribution in [1.82, 2.24) is 0 Å². The van der Waals surface area contributed by atoms with Crippen molar-refractivity contribution in [1.29, 1.82) is 0 Å². The van der Waals surface area contributed by atoms with Crippen molar-refractivity contribution in [2.75, 3.05) is 13.2 Å². The minimum Gasteiger partial charge on any atom is -0.480 e. The van der Waals surface area contributed by atoms with Crippen LogP contribution >= 0.6 is 12.6 Å². The van der Waals surface area contributed by atoms with Crippen LogP contribution in [0.4, 0.5) is 0 Å². The molecule has 0 radical (unpaired) electrons. The normalized spacial score (nSPS) is 12.8. The van der Waals surface area contributed by atoms with Crippen LogP contribution in [0.1, 0.15) is 26.2 Å². The molecule has 1 unspecified atom stereocenters. The third-order valence-electron chi connectivity index (χ3n) is 1.46. The van der Waals surface area contributed by atoms with Gasteiger partial charge < -0.3 is 9.84 Å². The number of carboxylic acid groups (broad SMARTS) is 1. The lowest BCUT2D eigenvalue weighted by molar-refractivity contribution is -0.136. The highest BCUT2D eigenvalue weighted by molar-refractivity contribution is 7.81. The Hall–Kier alpha value is -0.220. The van der Waals surface area contributed by atoms with Gasteiger partial charge in [0.25, 0.3) is 0 Å². The lowest BCUT2D eigenvalue weighted by Crippen LogP contribution is -2.15. The lowest BCUT2D eigenvalue weighted by atomic mass is 10.3. The molecule has 0 amide bonds. The van der Waals surface area contributed by atoms with E-state index in [9.17, 15) is 4.79 Å². The number of aliphatic carboxylic acids is 1. The van der Waals surface area contributed by atoms with Crippen molar-refractivity contribution in [2.45, 2.75) is 31.4 Å². The Morgan fingerprint density at radius 1 is 1.58 bits per heavy atom. The van der Waals surface area contributed by atoms with Gasteiger partial charge in [-0.15, -0.1) is 0 Å². The topological polar surface area (TPSA) is 46.5 Å². The molecule has 1 atom stereocenters. The molecule has 0 aromatic rings. The number of thiol groups is 1. The van der Waals surface area contributed by atoms with E-state index >= 15 is 0 Å². The van der Waals surface area contributed by atoms with E-state index in [0.717, 1.165) is 19.4 Å². The second-order valence-electron chi connectivity index (χ2n) is 2.61. The highest BCUT2D eigenvalue weighted by Gasteiger charge is 2.10. The van der Waals surface area contributed by atoms with Crippen LogP contribution in [0.5, 0.6) is 0 Å².